The molecule has 2 aromatic rings. The van der Waals surface area contributed by atoms with E-state index >= 15 is 0 Å². The first-order chi connectivity index (χ1) is 6.45. The third-order valence-corrected chi connectivity index (χ3v) is 3.37. The summed E-state index contributed by atoms with van der Waals surface area (Å²) in [4.78, 5) is 0. The summed E-state index contributed by atoms with van der Waals surface area (Å²) >= 11 is 0.271. The van der Waals surface area contributed by atoms with Gasteiger partial charge in [-0.3, -0.25) is 0 Å². The van der Waals surface area contributed by atoms with Gasteiger partial charge in [-0.15, -0.1) is 8.85 Å². The lowest BCUT2D eigenvalue weighted by Gasteiger charge is -1.98. The van der Waals surface area contributed by atoms with Gasteiger partial charge in [0.05, 0.1) is 0 Å². The molecule has 0 heterocycles. The Kier molecular flexibility index (Phi) is 2.82. The van der Waals surface area contributed by atoms with Crippen LogP contribution in [0.25, 0.3) is 0 Å². The van der Waals surface area contributed by atoms with E-state index in [0.29, 0.717) is 0 Å². The predicted octanol–water partition coefficient (Wildman–Crippen LogP) is 1.34. The van der Waals surface area contributed by atoms with Crippen LogP contribution in [0.3, 0.4) is 0 Å². The average molecular weight is 181 g/mol. The maximum atomic E-state index is 2.20. The maximum Gasteiger partial charge on any atom is 0.298 e. The van der Waals surface area contributed by atoms with E-state index in [2.05, 4.69) is 60.7 Å². The minimum atomic E-state index is 0.271. The molecule has 0 nitrogen and oxygen atoms in total. The molecule has 0 aliphatic carbocycles. The summed E-state index contributed by atoms with van der Waals surface area (Å²) in [6.07, 6.45) is 0. The zero-order chi connectivity index (χ0) is 8.93. The summed E-state index contributed by atoms with van der Waals surface area (Å²) in [5.41, 5.74) is 0. The fraction of sp³-hybridized carbons (Fsp3) is 0. The van der Waals surface area contributed by atoms with Crippen molar-refractivity contribution in [3.63, 3.8) is 0 Å². The molecule has 0 atom stereocenters. The van der Waals surface area contributed by atoms with Crippen LogP contribution in [0.1, 0.15) is 0 Å². The van der Waals surface area contributed by atoms with Crippen molar-refractivity contribution in [1.29, 1.82) is 0 Å². The van der Waals surface area contributed by atoms with Crippen LogP contribution in [0.15, 0.2) is 60.7 Å². The molecule has 0 aromatic heterocycles. The van der Waals surface area contributed by atoms with Crippen LogP contribution in [0.4, 0.5) is 0 Å². The SMILES string of the molecule is c1cc[c]([Al][c]2ccccc2)cc1. The summed E-state index contributed by atoms with van der Waals surface area (Å²) in [5.74, 6) is 0. The monoisotopic (exact) mass is 181 g/mol. The first-order valence-electron chi connectivity index (χ1n) is 4.40. The minimum Gasteiger partial charge on any atom is -0.117 e. The highest BCUT2D eigenvalue weighted by Gasteiger charge is 1.96. The third kappa shape index (κ3) is 2.45. The zero-order valence-corrected chi connectivity index (χ0v) is 8.51. The van der Waals surface area contributed by atoms with E-state index in [1.165, 1.54) is 8.85 Å². The van der Waals surface area contributed by atoms with E-state index < -0.39 is 0 Å². The normalized spacial score (nSPS) is 9.54. The Morgan fingerprint density at radius 3 is 1.31 bits per heavy atom. The molecule has 0 N–H and O–H groups in total. The lowest BCUT2D eigenvalue weighted by atomic mass is 10.4. The molecule has 0 spiro atoms. The van der Waals surface area contributed by atoms with Crippen LogP contribution in [0.2, 0.25) is 0 Å². The van der Waals surface area contributed by atoms with Crippen molar-refractivity contribution in [3.05, 3.63) is 60.7 Å². The molecule has 2 aromatic carbocycles. The van der Waals surface area contributed by atoms with Gasteiger partial charge in [-0.25, -0.2) is 0 Å². The second-order valence-corrected chi connectivity index (χ2v) is 4.59. The Bertz CT molecular complexity index is 316. The topological polar surface area (TPSA) is 0 Å². The zero-order valence-electron chi connectivity index (χ0n) is 7.35. The Hall–Kier alpha value is -1.03. The predicted molar refractivity (Wildman–Crippen MR) is 57.9 cm³/mol. The smallest absolute Gasteiger partial charge is 0.117 e. The molecule has 2 rings (SSSR count). The Labute approximate surface area is 84.9 Å². The summed E-state index contributed by atoms with van der Waals surface area (Å²) in [5, 5.41) is 0. The summed E-state index contributed by atoms with van der Waals surface area (Å²) in [7, 11) is 0. The van der Waals surface area contributed by atoms with Crippen LogP contribution in [-0.4, -0.2) is 15.2 Å². The van der Waals surface area contributed by atoms with Gasteiger partial charge < -0.3 is 0 Å². The van der Waals surface area contributed by atoms with Gasteiger partial charge in [-0.2, -0.15) is 0 Å². The molecule has 61 valence electrons. The lowest BCUT2D eigenvalue weighted by Crippen LogP contribution is -2.26. The van der Waals surface area contributed by atoms with Gasteiger partial charge in [-0.1, -0.05) is 60.7 Å². The van der Waals surface area contributed by atoms with E-state index in [-0.39, 0.29) is 15.2 Å². The van der Waals surface area contributed by atoms with Crippen LogP contribution in [0, 0.1) is 0 Å². The molecule has 13 heavy (non-hydrogen) atoms. The molecule has 0 aliphatic rings. The summed E-state index contributed by atoms with van der Waals surface area (Å²) < 4.78 is 2.90. The fourth-order valence-electron chi connectivity index (χ4n) is 1.29. The third-order valence-electron chi connectivity index (χ3n) is 1.93. The fourth-order valence-corrected chi connectivity index (χ4v) is 2.51. The van der Waals surface area contributed by atoms with E-state index in [1.807, 2.05) is 0 Å². The standard InChI is InChI=1S/2C6H5.Al/c2*1-2-4-6-5-3-1;/h2*1-5H;. The number of rotatable bonds is 2. The molecule has 0 fully saturated rings. The van der Waals surface area contributed by atoms with E-state index in [1.54, 1.807) is 0 Å². The first-order valence-corrected chi connectivity index (χ1v) is 5.55. The quantitative estimate of drug-likeness (QED) is 0.613. The molecule has 0 aliphatic heterocycles. The molecular weight excluding hydrogens is 171 g/mol. The summed E-state index contributed by atoms with van der Waals surface area (Å²) in [6.45, 7) is 0. The van der Waals surface area contributed by atoms with Crippen LogP contribution in [0.5, 0.6) is 0 Å². The highest BCUT2D eigenvalue weighted by Crippen LogP contribution is 1.84. The van der Waals surface area contributed by atoms with Crippen LogP contribution in [-0.2, 0) is 0 Å². The largest absolute Gasteiger partial charge is 0.298 e. The van der Waals surface area contributed by atoms with Gasteiger partial charge in [0.1, 0.15) is 0 Å². The Morgan fingerprint density at radius 2 is 0.923 bits per heavy atom. The molecule has 0 amide bonds. The molecule has 0 unspecified atom stereocenters. The minimum absolute atomic E-state index is 0.271. The Morgan fingerprint density at radius 1 is 0.538 bits per heavy atom. The first kappa shape index (κ1) is 8.57. The number of hydrogen-bond acceptors (Lipinski definition) is 0. The molecule has 1 radical (unpaired) electrons. The van der Waals surface area contributed by atoms with Gasteiger partial charge in [0.2, 0.25) is 0 Å². The average Bonchev–Trinajstić information content (AvgIpc) is 2.21. The molecular formula is C12H10Al. The van der Waals surface area contributed by atoms with Crippen LogP contribution < -0.4 is 8.85 Å². The van der Waals surface area contributed by atoms with Crippen molar-refractivity contribution >= 4 is 24.1 Å². The highest BCUT2D eigenvalue weighted by atomic mass is 27.1. The van der Waals surface area contributed by atoms with Crippen molar-refractivity contribution < 1.29 is 0 Å². The molecule has 0 bridgehead atoms. The van der Waals surface area contributed by atoms with E-state index in [0.717, 1.165) is 0 Å². The summed E-state index contributed by atoms with van der Waals surface area (Å²) in [6, 6.07) is 21.3. The van der Waals surface area contributed by atoms with Crippen molar-refractivity contribution in [1.82, 2.24) is 0 Å². The van der Waals surface area contributed by atoms with Crippen LogP contribution >= 0.6 is 0 Å². The Balaban J connectivity index is 2.16. The maximum absolute atomic E-state index is 2.20. The van der Waals surface area contributed by atoms with Crippen molar-refractivity contribution in [3.8, 4) is 0 Å². The second kappa shape index (κ2) is 4.28. The second-order valence-electron chi connectivity index (χ2n) is 2.97. The van der Waals surface area contributed by atoms with E-state index in [9.17, 15) is 0 Å². The van der Waals surface area contributed by atoms with Gasteiger partial charge in [0, 0.05) is 0 Å². The van der Waals surface area contributed by atoms with Crippen molar-refractivity contribution in [2.45, 2.75) is 0 Å². The molecule has 1 heteroatoms. The number of hydrogen-bond donors (Lipinski definition) is 0. The highest BCUT2D eigenvalue weighted by molar-refractivity contribution is 6.67. The lowest BCUT2D eigenvalue weighted by molar-refractivity contribution is 1.75. The van der Waals surface area contributed by atoms with E-state index in [4.69, 9.17) is 0 Å². The molecule has 0 saturated carbocycles. The van der Waals surface area contributed by atoms with Crippen molar-refractivity contribution in [2.75, 3.05) is 0 Å². The number of benzene rings is 2. The molecule has 0 saturated heterocycles. The van der Waals surface area contributed by atoms with Gasteiger partial charge >= 0.3 is 0 Å². The van der Waals surface area contributed by atoms with Crippen molar-refractivity contribution in [2.24, 2.45) is 0 Å². The van der Waals surface area contributed by atoms with Gasteiger partial charge in [-0.05, 0) is 0 Å². The van der Waals surface area contributed by atoms with Gasteiger partial charge in [0.25, 0.3) is 15.2 Å². The van der Waals surface area contributed by atoms with Gasteiger partial charge in [0.15, 0.2) is 0 Å².